The number of esters is 1. The topological polar surface area (TPSA) is 57.5 Å². The molecule has 3 rings (SSSR count). The molecule has 164 valence electrons. The van der Waals surface area contributed by atoms with E-state index < -0.39 is 8.07 Å². The van der Waals surface area contributed by atoms with Gasteiger partial charge in [-0.25, -0.2) is 0 Å². The molecule has 0 fully saturated rings. The summed E-state index contributed by atoms with van der Waals surface area (Å²) < 4.78 is 12.5. The van der Waals surface area contributed by atoms with Crippen LogP contribution in [-0.4, -0.2) is 38.2 Å². The SMILES string of the molecule is COc1ccc2c(c1)c(CC(=O)OCC[Si](C)(C)C)c(C)n2C(=O)c1ccc(Cl)cc1. The van der Waals surface area contributed by atoms with E-state index in [0.29, 0.717) is 28.6 Å². The lowest BCUT2D eigenvalue weighted by molar-refractivity contribution is -0.142. The van der Waals surface area contributed by atoms with Crippen LogP contribution in [0.1, 0.15) is 21.6 Å². The largest absolute Gasteiger partial charge is 0.497 e. The van der Waals surface area contributed by atoms with Gasteiger partial charge in [-0.05, 0) is 61.0 Å². The number of hydrogen-bond donors (Lipinski definition) is 0. The van der Waals surface area contributed by atoms with Gasteiger partial charge in [-0.1, -0.05) is 31.2 Å². The van der Waals surface area contributed by atoms with Crippen LogP contribution in [0, 0.1) is 6.92 Å². The molecule has 0 aliphatic rings. The van der Waals surface area contributed by atoms with Crippen molar-refractivity contribution in [1.29, 1.82) is 0 Å². The number of nitrogens with zero attached hydrogens (tertiary/aromatic N) is 1. The third-order valence-corrected chi connectivity index (χ3v) is 7.23. The van der Waals surface area contributed by atoms with Crippen LogP contribution in [0.3, 0.4) is 0 Å². The van der Waals surface area contributed by atoms with Crippen molar-refractivity contribution in [1.82, 2.24) is 4.57 Å². The first-order valence-corrected chi connectivity index (χ1v) is 14.3. The normalized spacial score (nSPS) is 11.5. The van der Waals surface area contributed by atoms with E-state index >= 15 is 0 Å². The minimum absolute atomic E-state index is 0.0993. The average molecular weight is 458 g/mol. The van der Waals surface area contributed by atoms with E-state index in [2.05, 4.69) is 19.6 Å². The maximum atomic E-state index is 13.3. The fourth-order valence-corrected chi connectivity index (χ4v) is 4.30. The Morgan fingerprint density at radius 1 is 1.06 bits per heavy atom. The highest BCUT2D eigenvalue weighted by atomic mass is 35.5. The van der Waals surface area contributed by atoms with Crippen LogP contribution in [0.4, 0.5) is 0 Å². The molecule has 0 saturated carbocycles. The molecule has 0 aliphatic heterocycles. The van der Waals surface area contributed by atoms with Gasteiger partial charge in [-0.15, -0.1) is 0 Å². The van der Waals surface area contributed by atoms with Gasteiger partial charge in [0.25, 0.3) is 5.91 Å². The Morgan fingerprint density at radius 3 is 2.35 bits per heavy atom. The first kappa shape index (κ1) is 23.1. The second-order valence-electron chi connectivity index (χ2n) is 8.80. The van der Waals surface area contributed by atoms with Crippen LogP contribution in [0.25, 0.3) is 10.9 Å². The lowest BCUT2D eigenvalue weighted by Crippen LogP contribution is -2.23. The molecule has 0 N–H and O–H groups in total. The van der Waals surface area contributed by atoms with Gasteiger partial charge in [0, 0.05) is 29.7 Å². The number of aromatic nitrogens is 1. The second kappa shape index (κ2) is 9.28. The molecular formula is C24H28ClNO4Si. The van der Waals surface area contributed by atoms with Crippen molar-refractivity contribution in [2.24, 2.45) is 0 Å². The van der Waals surface area contributed by atoms with E-state index in [4.69, 9.17) is 21.1 Å². The van der Waals surface area contributed by atoms with Crippen molar-refractivity contribution in [3.05, 3.63) is 64.3 Å². The molecule has 1 heterocycles. The number of fused-ring (bicyclic) bond motifs is 1. The van der Waals surface area contributed by atoms with Crippen LogP contribution >= 0.6 is 11.6 Å². The number of hydrogen-bond acceptors (Lipinski definition) is 4. The minimum Gasteiger partial charge on any atom is -0.497 e. The number of halogens is 1. The predicted octanol–water partition coefficient (Wildman–Crippen LogP) is 5.72. The number of carbonyl (C=O) groups is 2. The summed E-state index contributed by atoms with van der Waals surface area (Å²) >= 11 is 5.97. The Hall–Kier alpha value is -2.57. The molecule has 2 aromatic carbocycles. The number of ether oxygens (including phenoxy) is 2. The van der Waals surface area contributed by atoms with Crippen LogP contribution in [-0.2, 0) is 16.0 Å². The zero-order valence-corrected chi connectivity index (χ0v) is 20.4. The zero-order valence-electron chi connectivity index (χ0n) is 18.6. The molecular weight excluding hydrogens is 430 g/mol. The Bertz CT molecular complexity index is 1110. The summed E-state index contributed by atoms with van der Waals surface area (Å²) in [6, 6.07) is 13.2. The van der Waals surface area contributed by atoms with Crippen LogP contribution in [0.2, 0.25) is 30.7 Å². The van der Waals surface area contributed by atoms with Crippen molar-refractivity contribution >= 4 is 42.5 Å². The summed E-state index contributed by atoms with van der Waals surface area (Å²) in [5.41, 5.74) is 2.73. The molecule has 3 aromatic rings. The number of benzene rings is 2. The molecule has 0 saturated heterocycles. The monoisotopic (exact) mass is 457 g/mol. The third-order valence-electron chi connectivity index (χ3n) is 5.27. The highest BCUT2D eigenvalue weighted by Gasteiger charge is 2.23. The van der Waals surface area contributed by atoms with Gasteiger partial charge in [0.2, 0.25) is 0 Å². The van der Waals surface area contributed by atoms with Crippen molar-refractivity contribution in [3.63, 3.8) is 0 Å². The predicted molar refractivity (Wildman–Crippen MR) is 127 cm³/mol. The van der Waals surface area contributed by atoms with Crippen molar-refractivity contribution < 1.29 is 19.1 Å². The lowest BCUT2D eigenvalue weighted by Gasteiger charge is -2.15. The second-order valence-corrected chi connectivity index (χ2v) is 14.9. The lowest BCUT2D eigenvalue weighted by atomic mass is 10.1. The van der Waals surface area contributed by atoms with Gasteiger partial charge in [-0.2, -0.15) is 0 Å². The van der Waals surface area contributed by atoms with E-state index in [9.17, 15) is 9.59 Å². The van der Waals surface area contributed by atoms with Gasteiger partial charge in [0.15, 0.2) is 0 Å². The van der Waals surface area contributed by atoms with Gasteiger partial charge < -0.3 is 9.47 Å². The van der Waals surface area contributed by atoms with Gasteiger partial charge in [0.1, 0.15) is 5.75 Å². The zero-order chi connectivity index (χ0) is 22.8. The summed E-state index contributed by atoms with van der Waals surface area (Å²) in [4.78, 5) is 25.9. The van der Waals surface area contributed by atoms with E-state index in [0.717, 1.165) is 22.5 Å². The highest BCUT2D eigenvalue weighted by Crippen LogP contribution is 2.31. The number of rotatable bonds is 7. The van der Waals surface area contributed by atoms with E-state index in [1.54, 1.807) is 35.9 Å². The summed E-state index contributed by atoms with van der Waals surface area (Å²) in [6.45, 7) is 9.01. The Balaban J connectivity index is 1.99. The quantitative estimate of drug-likeness (QED) is 0.336. The molecule has 0 bridgehead atoms. The third kappa shape index (κ3) is 5.38. The molecule has 0 atom stereocenters. The van der Waals surface area contributed by atoms with Crippen molar-refractivity contribution in [2.45, 2.75) is 39.0 Å². The van der Waals surface area contributed by atoms with Gasteiger partial charge in [-0.3, -0.25) is 14.2 Å². The molecule has 5 nitrogen and oxygen atoms in total. The van der Waals surface area contributed by atoms with Crippen LogP contribution < -0.4 is 4.74 Å². The Morgan fingerprint density at radius 2 is 1.74 bits per heavy atom. The van der Waals surface area contributed by atoms with Crippen molar-refractivity contribution in [3.8, 4) is 5.75 Å². The number of methoxy groups -OCH3 is 1. The summed E-state index contributed by atoms with van der Waals surface area (Å²) in [5, 5.41) is 1.37. The molecule has 0 amide bonds. The highest BCUT2D eigenvalue weighted by molar-refractivity contribution is 6.76. The Kier molecular flexibility index (Phi) is 6.92. The van der Waals surface area contributed by atoms with E-state index in [1.165, 1.54) is 0 Å². The first-order valence-electron chi connectivity index (χ1n) is 10.2. The van der Waals surface area contributed by atoms with Crippen LogP contribution in [0.5, 0.6) is 5.75 Å². The minimum atomic E-state index is -1.29. The van der Waals surface area contributed by atoms with Gasteiger partial charge in [0.05, 0.1) is 25.7 Å². The van der Waals surface area contributed by atoms with Crippen molar-refractivity contribution in [2.75, 3.05) is 13.7 Å². The standard InChI is InChI=1S/C24H28ClNO4Si/c1-16-20(15-23(27)30-12-13-31(3,4)5)21-14-19(29-2)10-11-22(21)26(16)24(28)17-6-8-18(25)9-7-17/h6-11,14H,12-13,15H2,1-5H3. The molecule has 0 unspecified atom stereocenters. The Labute approximate surface area is 188 Å². The fraction of sp³-hybridized carbons (Fsp3) is 0.333. The number of carbonyl (C=O) groups excluding carboxylic acids is 2. The first-order chi connectivity index (χ1) is 14.6. The van der Waals surface area contributed by atoms with Crippen LogP contribution in [0.15, 0.2) is 42.5 Å². The summed E-state index contributed by atoms with van der Waals surface area (Å²) in [5.74, 6) is 0.196. The molecule has 0 radical (unpaired) electrons. The average Bonchev–Trinajstić information content (AvgIpc) is 2.98. The van der Waals surface area contributed by atoms with E-state index in [1.807, 2.05) is 25.1 Å². The molecule has 0 aliphatic carbocycles. The van der Waals surface area contributed by atoms with E-state index in [-0.39, 0.29) is 18.3 Å². The maximum Gasteiger partial charge on any atom is 0.310 e. The smallest absolute Gasteiger partial charge is 0.310 e. The summed E-state index contributed by atoms with van der Waals surface area (Å²) in [6.07, 6.45) is 0.0993. The summed E-state index contributed by atoms with van der Waals surface area (Å²) in [7, 11) is 0.304. The maximum absolute atomic E-state index is 13.3. The van der Waals surface area contributed by atoms with Gasteiger partial charge >= 0.3 is 5.97 Å². The molecule has 7 heteroatoms. The molecule has 0 spiro atoms. The molecule has 1 aromatic heterocycles. The molecule has 31 heavy (non-hydrogen) atoms. The fourth-order valence-electron chi connectivity index (χ4n) is 3.46.